The number of anilines is 1. The Labute approximate surface area is 107 Å². The number of aromatic nitrogens is 1. The highest BCUT2D eigenvalue weighted by Gasteiger charge is 2.20. The molecule has 3 rings (SSSR count). The molecule has 0 amide bonds. The molecule has 3 heterocycles. The maximum atomic E-state index is 5.39. The molecule has 0 bridgehead atoms. The highest BCUT2D eigenvalue weighted by molar-refractivity contribution is 5.87. The average molecular weight is 245 g/mol. The second-order valence-electron chi connectivity index (χ2n) is 5.03. The van der Waals surface area contributed by atoms with Gasteiger partial charge in [0.05, 0.1) is 11.6 Å². The van der Waals surface area contributed by atoms with E-state index in [2.05, 4.69) is 22.5 Å². The molecule has 4 heteroatoms. The quantitative estimate of drug-likeness (QED) is 0.872. The molecule has 1 aliphatic heterocycles. The zero-order valence-corrected chi connectivity index (χ0v) is 10.6. The van der Waals surface area contributed by atoms with Crippen molar-refractivity contribution in [3.63, 3.8) is 0 Å². The van der Waals surface area contributed by atoms with E-state index in [9.17, 15) is 0 Å². The van der Waals surface area contributed by atoms with Crippen LogP contribution in [-0.2, 0) is 0 Å². The van der Waals surface area contributed by atoms with Crippen LogP contribution < -0.4 is 10.6 Å². The fourth-order valence-corrected chi connectivity index (χ4v) is 2.65. The summed E-state index contributed by atoms with van der Waals surface area (Å²) in [6.07, 6.45) is 6.05. The number of piperidine rings is 1. The molecule has 0 spiro atoms. The van der Waals surface area contributed by atoms with Crippen LogP contribution in [0.15, 0.2) is 29.0 Å². The number of nitrogens with one attached hydrogen (secondary N) is 2. The number of fused-ring (bicyclic) bond motifs is 1. The Morgan fingerprint density at radius 1 is 1.50 bits per heavy atom. The smallest absolute Gasteiger partial charge is 0.139 e. The highest BCUT2D eigenvalue weighted by Crippen LogP contribution is 2.24. The lowest BCUT2D eigenvalue weighted by atomic mass is 9.93. The van der Waals surface area contributed by atoms with Crippen LogP contribution in [0.5, 0.6) is 0 Å². The molecule has 2 N–H and O–H groups in total. The third-order valence-electron chi connectivity index (χ3n) is 3.79. The molecular weight excluding hydrogens is 226 g/mol. The van der Waals surface area contributed by atoms with Gasteiger partial charge in [0.2, 0.25) is 0 Å². The summed E-state index contributed by atoms with van der Waals surface area (Å²) in [7, 11) is 0. The summed E-state index contributed by atoms with van der Waals surface area (Å²) in [5.41, 5.74) is 0.890. The molecule has 2 aromatic heterocycles. The summed E-state index contributed by atoms with van der Waals surface area (Å²) in [6.45, 7) is 4.48. The van der Waals surface area contributed by atoms with Crippen LogP contribution in [0.4, 0.5) is 5.82 Å². The first-order chi connectivity index (χ1) is 8.84. The van der Waals surface area contributed by atoms with Gasteiger partial charge in [-0.2, -0.15) is 0 Å². The Balaban J connectivity index is 1.77. The second-order valence-corrected chi connectivity index (χ2v) is 5.03. The third kappa shape index (κ3) is 2.20. The Hall–Kier alpha value is -1.55. The van der Waals surface area contributed by atoms with E-state index in [-0.39, 0.29) is 0 Å². The lowest BCUT2D eigenvalue weighted by molar-refractivity contribution is 0.347. The first-order valence-electron chi connectivity index (χ1n) is 6.64. The number of hydrogen-bond donors (Lipinski definition) is 2. The minimum absolute atomic E-state index is 0.422. The van der Waals surface area contributed by atoms with Crippen molar-refractivity contribution in [3.8, 4) is 0 Å². The molecule has 0 aliphatic carbocycles. The second kappa shape index (κ2) is 4.98. The van der Waals surface area contributed by atoms with Crippen molar-refractivity contribution in [2.24, 2.45) is 5.92 Å². The van der Waals surface area contributed by atoms with Crippen LogP contribution in [-0.4, -0.2) is 24.1 Å². The summed E-state index contributed by atoms with van der Waals surface area (Å²) in [5, 5.41) is 8.05. The molecule has 2 aromatic rings. The fourth-order valence-electron chi connectivity index (χ4n) is 2.65. The van der Waals surface area contributed by atoms with E-state index in [1.165, 1.54) is 12.8 Å². The van der Waals surface area contributed by atoms with Crippen molar-refractivity contribution < 1.29 is 4.42 Å². The van der Waals surface area contributed by atoms with E-state index < -0.39 is 0 Å². The number of rotatable bonds is 3. The summed E-state index contributed by atoms with van der Waals surface area (Å²) in [6, 6.07) is 4.29. The number of hydrogen-bond acceptors (Lipinski definition) is 4. The fraction of sp³-hybridized carbons (Fsp3) is 0.500. The van der Waals surface area contributed by atoms with Crippen molar-refractivity contribution in [1.29, 1.82) is 0 Å². The molecular formula is C14H19N3O. The van der Waals surface area contributed by atoms with E-state index in [0.29, 0.717) is 12.0 Å². The zero-order valence-electron chi connectivity index (χ0n) is 10.6. The Morgan fingerprint density at radius 2 is 2.44 bits per heavy atom. The van der Waals surface area contributed by atoms with Gasteiger partial charge in [-0.1, -0.05) is 0 Å². The number of pyridine rings is 1. The predicted octanol–water partition coefficient (Wildman–Crippen LogP) is 2.63. The van der Waals surface area contributed by atoms with Crippen LogP contribution in [0.1, 0.15) is 19.8 Å². The molecule has 2 unspecified atom stereocenters. The first kappa shape index (κ1) is 11.5. The van der Waals surface area contributed by atoms with Gasteiger partial charge in [0.25, 0.3) is 0 Å². The van der Waals surface area contributed by atoms with Gasteiger partial charge in [-0.25, -0.2) is 4.98 Å². The summed E-state index contributed by atoms with van der Waals surface area (Å²) >= 11 is 0. The SMILES string of the molecule is CC(Nc1nccc2occc12)C1CCCNC1. The van der Waals surface area contributed by atoms with Crippen molar-refractivity contribution in [2.75, 3.05) is 18.4 Å². The summed E-state index contributed by atoms with van der Waals surface area (Å²) in [4.78, 5) is 4.42. The van der Waals surface area contributed by atoms with Gasteiger partial charge in [-0.05, 0) is 50.9 Å². The number of nitrogens with zero attached hydrogens (tertiary/aromatic N) is 1. The Bertz CT molecular complexity index is 516. The van der Waals surface area contributed by atoms with Crippen molar-refractivity contribution in [1.82, 2.24) is 10.3 Å². The van der Waals surface area contributed by atoms with Gasteiger partial charge in [0.1, 0.15) is 11.4 Å². The van der Waals surface area contributed by atoms with E-state index >= 15 is 0 Å². The van der Waals surface area contributed by atoms with E-state index in [4.69, 9.17) is 4.42 Å². The summed E-state index contributed by atoms with van der Waals surface area (Å²) in [5.74, 6) is 1.60. The Morgan fingerprint density at radius 3 is 3.28 bits per heavy atom. The monoisotopic (exact) mass is 245 g/mol. The molecule has 1 aliphatic rings. The molecule has 18 heavy (non-hydrogen) atoms. The van der Waals surface area contributed by atoms with E-state index in [1.807, 2.05) is 12.1 Å². The van der Waals surface area contributed by atoms with E-state index in [1.54, 1.807) is 12.5 Å². The average Bonchev–Trinajstić information content (AvgIpc) is 2.89. The first-order valence-corrected chi connectivity index (χ1v) is 6.64. The lowest BCUT2D eigenvalue weighted by Crippen LogP contribution is -2.38. The van der Waals surface area contributed by atoms with Crippen LogP contribution in [0, 0.1) is 5.92 Å². The van der Waals surface area contributed by atoms with Gasteiger partial charge in [-0.15, -0.1) is 0 Å². The predicted molar refractivity (Wildman–Crippen MR) is 72.7 cm³/mol. The highest BCUT2D eigenvalue weighted by atomic mass is 16.3. The van der Waals surface area contributed by atoms with E-state index in [0.717, 1.165) is 29.9 Å². The molecule has 0 saturated carbocycles. The molecule has 96 valence electrons. The van der Waals surface area contributed by atoms with Gasteiger partial charge >= 0.3 is 0 Å². The van der Waals surface area contributed by atoms with Crippen molar-refractivity contribution in [3.05, 3.63) is 24.6 Å². The molecule has 0 radical (unpaired) electrons. The minimum atomic E-state index is 0.422. The van der Waals surface area contributed by atoms with Crippen LogP contribution in [0.25, 0.3) is 11.0 Å². The van der Waals surface area contributed by atoms with Gasteiger partial charge in [-0.3, -0.25) is 0 Å². The largest absolute Gasteiger partial charge is 0.464 e. The molecule has 1 fully saturated rings. The van der Waals surface area contributed by atoms with Gasteiger partial charge < -0.3 is 15.1 Å². The third-order valence-corrected chi connectivity index (χ3v) is 3.79. The maximum absolute atomic E-state index is 5.39. The molecule has 1 saturated heterocycles. The summed E-state index contributed by atoms with van der Waals surface area (Å²) < 4.78 is 5.39. The van der Waals surface area contributed by atoms with Gasteiger partial charge in [0, 0.05) is 12.2 Å². The maximum Gasteiger partial charge on any atom is 0.139 e. The van der Waals surface area contributed by atoms with Crippen molar-refractivity contribution in [2.45, 2.75) is 25.8 Å². The Kier molecular flexibility index (Phi) is 3.19. The normalized spacial score (nSPS) is 21.9. The van der Waals surface area contributed by atoms with Gasteiger partial charge in [0.15, 0.2) is 0 Å². The minimum Gasteiger partial charge on any atom is -0.464 e. The number of furan rings is 1. The van der Waals surface area contributed by atoms with Crippen LogP contribution in [0.3, 0.4) is 0 Å². The molecule has 2 atom stereocenters. The topological polar surface area (TPSA) is 50.1 Å². The zero-order chi connectivity index (χ0) is 12.4. The lowest BCUT2D eigenvalue weighted by Gasteiger charge is -2.29. The van der Waals surface area contributed by atoms with Crippen molar-refractivity contribution >= 4 is 16.8 Å². The molecule has 4 nitrogen and oxygen atoms in total. The standard InChI is InChI=1S/C14H19N3O/c1-10(11-3-2-6-15-9-11)17-14-12-5-8-18-13(12)4-7-16-14/h4-5,7-8,10-11,15H,2-3,6,9H2,1H3,(H,16,17). The van der Waals surface area contributed by atoms with Crippen LogP contribution >= 0.6 is 0 Å². The van der Waals surface area contributed by atoms with Crippen LogP contribution in [0.2, 0.25) is 0 Å². The molecule has 0 aromatic carbocycles.